The molecule has 2 aromatic rings. The topological polar surface area (TPSA) is 61.3 Å². The van der Waals surface area contributed by atoms with E-state index in [1.807, 2.05) is 30.3 Å². The van der Waals surface area contributed by atoms with Crippen molar-refractivity contribution in [3.8, 4) is 17.2 Å². The number of hydrogen-bond acceptors (Lipinski definition) is 4. The number of hydrogen-bond donors (Lipinski definition) is 1. The Morgan fingerprint density at radius 1 is 1.25 bits per heavy atom. The molecule has 0 atom stereocenters. The average Bonchev–Trinajstić information content (AvgIpc) is 2.76. The molecule has 1 aromatic heterocycles. The third-order valence-corrected chi connectivity index (χ3v) is 1.91. The van der Waals surface area contributed by atoms with Crippen molar-refractivity contribution in [1.29, 1.82) is 0 Å². The van der Waals surface area contributed by atoms with Gasteiger partial charge in [-0.25, -0.2) is 0 Å². The van der Waals surface area contributed by atoms with Gasteiger partial charge in [0, 0.05) is 18.2 Å². The van der Waals surface area contributed by atoms with Crippen molar-refractivity contribution in [2.24, 2.45) is 5.73 Å². The molecule has 0 bridgehead atoms. The number of aromatic nitrogens is 1. The van der Waals surface area contributed by atoms with Crippen molar-refractivity contribution >= 4 is 12.4 Å². The van der Waals surface area contributed by atoms with Crippen molar-refractivity contribution in [2.45, 2.75) is 0 Å². The molecule has 0 fully saturated rings. The SMILES string of the molecule is Cl.NCCOc1cc(-c2ccccc2)on1. The van der Waals surface area contributed by atoms with Crippen LogP contribution >= 0.6 is 12.4 Å². The Bertz CT molecular complexity index is 417. The van der Waals surface area contributed by atoms with Crippen LogP contribution in [0.2, 0.25) is 0 Å². The van der Waals surface area contributed by atoms with Gasteiger partial charge in [0.05, 0.1) is 0 Å². The van der Waals surface area contributed by atoms with Gasteiger partial charge in [-0.1, -0.05) is 30.3 Å². The maximum absolute atomic E-state index is 5.31. The number of ether oxygens (including phenoxy) is 1. The molecule has 1 heterocycles. The first kappa shape index (κ1) is 12.5. The quantitative estimate of drug-likeness (QED) is 0.889. The van der Waals surface area contributed by atoms with E-state index in [2.05, 4.69) is 5.16 Å². The fourth-order valence-corrected chi connectivity index (χ4v) is 1.23. The Labute approximate surface area is 99.8 Å². The molecule has 0 spiro atoms. The highest BCUT2D eigenvalue weighted by Crippen LogP contribution is 2.22. The molecule has 2 N–H and O–H groups in total. The fourth-order valence-electron chi connectivity index (χ4n) is 1.23. The molecular weight excluding hydrogens is 228 g/mol. The molecule has 16 heavy (non-hydrogen) atoms. The van der Waals surface area contributed by atoms with Crippen molar-refractivity contribution in [3.63, 3.8) is 0 Å². The van der Waals surface area contributed by atoms with Crippen LogP contribution in [-0.2, 0) is 0 Å². The predicted octanol–water partition coefficient (Wildman–Crippen LogP) is 2.10. The van der Waals surface area contributed by atoms with E-state index in [-0.39, 0.29) is 12.4 Å². The van der Waals surface area contributed by atoms with Gasteiger partial charge < -0.3 is 15.0 Å². The molecule has 0 aliphatic carbocycles. The first-order valence-corrected chi connectivity index (χ1v) is 4.75. The highest BCUT2D eigenvalue weighted by atomic mass is 35.5. The van der Waals surface area contributed by atoms with Crippen LogP contribution in [0.15, 0.2) is 40.9 Å². The summed E-state index contributed by atoms with van der Waals surface area (Å²) in [5.74, 6) is 1.17. The average molecular weight is 241 g/mol. The maximum atomic E-state index is 5.31. The van der Waals surface area contributed by atoms with Gasteiger partial charge >= 0.3 is 0 Å². The Balaban J connectivity index is 0.00000128. The summed E-state index contributed by atoms with van der Waals surface area (Å²) < 4.78 is 10.4. The lowest BCUT2D eigenvalue weighted by Gasteiger charge is -1.95. The molecule has 0 saturated carbocycles. The first-order valence-electron chi connectivity index (χ1n) is 4.75. The van der Waals surface area contributed by atoms with Crippen LogP contribution in [0.1, 0.15) is 0 Å². The third kappa shape index (κ3) is 2.98. The highest BCUT2D eigenvalue weighted by molar-refractivity contribution is 5.85. The minimum absolute atomic E-state index is 0. The summed E-state index contributed by atoms with van der Waals surface area (Å²) in [5, 5.41) is 3.78. The van der Waals surface area contributed by atoms with Crippen LogP contribution in [0.4, 0.5) is 0 Å². The molecule has 0 radical (unpaired) electrons. The van der Waals surface area contributed by atoms with Crippen molar-refractivity contribution < 1.29 is 9.26 Å². The van der Waals surface area contributed by atoms with Crippen molar-refractivity contribution in [2.75, 3.05) is 13.2 Å². The van der Waals surface area contributed by atoms with Gasteiger partial charge in [0.15, 0.2) is 5.76 Å². The molecule has 0 amide bonds. The van der Waals surface area contributed by atoms with E-state index in [0.717, 1.165) is 5.56 Å². The summed E-state index contributed by atoms with van der Waals surface area (Å²) in [6, 6.07) is 11.5. The second-order valence-electron chi connectivity index (χ2n) is 3.03. The van der Waals surface area contributed by atoms with E-state index in [1.54, 1.807) is 6.07 Å². The Hall–Kier alpha value is -1.52. The Morgan fingerprint density at radius 2 is 2.00 bits per heavy atom. The van der Waals surface area contributed by atoms with Gasteiger partial charge in [0.1, 0.15) is 6.61 Å². The summed E-state index contributed by atoms with van der Waals surface area (Å²) >= 11 is 0. The lowest BCUT2D eigenvalue weighted by molar-refractivity contribution is 0.288. The number of nitrogens with zero attached hydrogens (tertiary/aromatic N) is 1. The van der Waals surface area contributed by atoms with Crippen LogP contribution in [0.3, 0.4) is 0 Å². The number of halogens is 1. The van der Waals surface area contributed by atoms with E-state index in [9.17, 15) is 0 Å². The molecule has 0 unspecified atom stereocenters. The zero-order valence-corrected chi connectivity index (χ0v) is 9.44. The Kier molecular flexibility index (Phi) is 4.82. The number of benzene rings is 1. The van der Waals surface area contributed by atoms with Crippen LogP contribution < -0.4 is 10.5 Å². The number of nitrogens with two attached hydrogens (primary N) is 1. The van der Waals surface area contributed by atoms with Crippen LogP contribution in [0, 0.1) is 0 Å². The standard InChI is InChI=1S/C11H12N2O2.ClH/c12-6-7-14-11-8-10(15-13-11)9-4-2-1-3-5-9;/h1-5,8H,6-7,12H2;1H. The van der Waals surface area contributed by atoms with Gasteiger partial charge in [-0.2, -0.15) is 0 Å². The highest BCUT2D eigenvalue weighted by Gasteiger charge is 2.06. The predicted molar refractivity (Wildman–Crippen MR) is 63.7 cm³/mol. The smallest absolute Gasteiger partial charge is 0.254 e. The first-order chi connectivity index (χ1) is 7.40. The van der Waals surface area contributed by atoms with E-state index >= 15 is 0 Å². The van der Waals surface area contributed by atoms with E-state index in [4.69, 9.17) is 15.0 Å². The van der Waals surface area contributed by atoms with Gasteiger partial charge in [-0.3, -0.25) is 0 Å². The monoisotopic (exact) mass is 240 g/mol. The lowest BCUT2D eigenvalue weighted by atomic mass is 10.2. The summed E-state index contributed by atoms with van der Waals surface area (Å²) in [6.45, 7) is 0.911. The maximum Gasteiger partial charge on any atom is 0.254 e. The molecule has 0 aliphatic rings. The van der Waals surface area contributed by atoms with E-state index in [0.29, 0.717) is 24.8 Å². The van der Waals surface area contributed by atoms with Crippen LogP contribution in [0.25, 0.3) is 11.3 Å². The molecule has 86 valence electrons. The largest absolute Gasteiger partial charge is 0.474 e. The minimum Gasteiger partial charge on any atom is -0.474 e. The zero-order valence-electron chi connectivity index (χ0n) is 8.63. The van der Waals surface area contributed by atoms with Gasteiger partial charge in [-0.15, -0.1) is 12.4 Å². The zero-order chi connectivity index (χ0) is 10.5. The Morgan fingerprint density at radius 3 is 2.69 bits per heavy atom. The summed E-state index contributed by atoms with van der Waals surface area (Å²) in [5.41, 5.74) is 6.29. The van der Waals surface area contributed by atoms with Gasteiger partial charge in [0.25, 0.3) is 5.88 Å². The van der Waals surface area contributed by atoms with Crippen LogP contribution in [0.5, 0.6) is 5.88 Å². The van der Waals surface area contributed by atoms with Gasteiger partial charge in [-0.05, 0) is 5.16 Å². The summed E-state index contributed by atoms with van der Waals surface area (Å²) in [7, 11) is 0. The van der Waals surface area contributed by atoms with Crippen molar-refractivity contribution in [3.05, 3.63) is 36.4 Å². The second kappa shape index (κ2) is 6.15. The van der Waals surface area contributed by atoms with Crippen LogP contribution in [-0.4, -0.2) is 18.3 Å². The molecular formula is C11H13ClN2O2. The van der Waals surface area contributed by atoms with Gasteiger partial charge in [0.2, 0.25) is 0 Å². The molecule has 0 saturated heterocycles. The van der Waals surface area contributed by atoms with Crippen molar-refractivity contribution in [1.82, 2.24) is 5.16 Å². The molecule has 1 aromatic carbocycles. The second-order valence-corrected chi connectivity index (χ2v) is 3.03. The number of rotatable bonds is 4. The molecule has 2 rings (SSSR count). The minimum atomic E-state index is 0. The molecule has 5 heteroatoms. The fraction of sp³-hybridized carbons (Fsp3) is 0.182. The molecule has 4 nitrogen and oxygen atoms in total. The summed E-state index contributed by atoms with van der Waals surface area (Å²) in [6.07, 6.45) is 0. The third-order valence-electron chi connectivity index (χ3n) is 1.91. The van der Waals surface area contributed by atoms with E-state index < -0.39 is 0 Å². The normalized spacial score (nSPS) is 9.56. The van der Waals surface area contributed by atoms with E-state index in [1.165, 1.54) is 0 Å². The lowest BCUT2D eigenvalue weighted by Crippen LogP contribution is -2.10. The molecule has 0 aliphatic heterocycles. The summed E-state index contributed by atoms with van der Waals surface area (Å²) in [4.78, 5) is 0.